The van der Waals surface area contributed by atoms with Crippen LogP contribution in [0, 0.1) is 11.3 Å². The molecule has 47 heavy (non-hydrogen) atoms. The molecule has 2 aromatic carbocycles. The molecule has 1 atom stereocenters. The Labute approximate surface area is 274 Å². The number of hydrogen-bond acceptors (Lipinski definition) is 11. The van der Waals surface area contributed by atoms with Gasteiger partial charge >= 0.3 is 0 Å². The van der Waals surface area contributed by atoms with Gasteiger partial charge in [0.1, 0.15) is 36.3 Å². The van der Waals surface area contributed by atoms with Crippen molar-refractivity contribution in [3.05, 3.63) is 72.6 Å². The Hall–Kier alpha value is -5.06. The topological polar surface area (TPSA) is 138 Å². The van der Waals surface area contributed by atoms with Crippen LogP contribution in [0.1, 0.15) is 35.7 Å². The van der Waals surface area contributed by atoms with E-state index in [1.807, 2.05) is 36.1 Å². The summed E-state index contributed by atoms with van der Waals surface area (Å²) >= 11 is 0. The lowest BCUT2D eigenvalue weighted by Gasteiger charge is -2.42. The standard InChI is InChI=1S/C34H40N10O3/c1-24(21-44-23-36-22-39-44)47-31-16-25(4-5-27(31)18-35)28-19-37-34(38-20-28)40-30-7-6-26(17-32(30)46-3)33(45)43-14-12-42(13-15-43)29-8-10-41(2)11-9-29/h4-7,16-17,19-20,22-24,29H,8-15,21H2,1-3H3,(H,37,38,40). The molecule has 0 bridgehead atoms. The van der Waals surface area contributed by atoms with Crippen LogP contribution in [0.4, 0.5) is 11.6 Å². The van der Waals surface area contributed by atoms with E-state index in [9.17, 15) is 10.1 Å². The van der Waals surface area contributed by atoms with Crippen molar-refractivity contribution in [1.29, 1.82) is 5.26 Å². The van der Waals surface area contributed by atoms with Gasteiger partial charge < -0.3 is 24.6 Å². The van der Waals surface area contributed by atoms with Gasteiger partial charge in [-0.3, -0.25) is 9.69 Å². The minimum atomic E-state index is -0.238. The number of carbonyl (C=O) groups excluding carboxylic acids is 1. The number of hydrogen-bond donors (Lipinski definition) is 1. The van der Waals surface area contributed by atoms with Crippen molar-refractivity contribution in [2.45, 2.75) is 38.5 Å². The minimum Gasteiger partial charge on any atom is -0.495 e. The van der Waals surface area contributed by atoms with Gasteiger partial charge in [-0.25, -0.2) is 19.6 Å². The van der Waals surface area contributed by atoms with Gasteiger partial charge in [0.15, 0.2) is 0 Å². The number of nitriles is 1. The Bertz CT molecular complexity index is 1690. The van der Waals surface area contributed by atoms with Gasteiger partial charge in [-0.15, -0.1) is 0 Å². The molecule has 1 N–H and O–H groups in total. The zero-order chi connectivity index (χ0) is 32.8. The van der Waals surface area contributed by atoms with Crippen LogP contribution in [0.5, 0.6) is 11.5 Å². The molecule has 13 heteroatoms. The van der Waals surface area contributed by atoms with Crippen LogP contribution >= 0.6 is 0 Å². The zero-order valence-electron chi connectivity index (χ0n) is 27.0. The largest absolute Gasteiger partial charge is 0.495 e. The van der Waals surface area contributed by atoms with Crippen LogP contribution in [0.25, 0.3) is 11.1 Å². The Morgan fingerprint density at radius 3 is 2.47 bits per heavy atom. The number of carbonyl (C=O) groups is 1. The van der Waals surface area contributed by atoms with Crippen LogP contribution < -0.4 is 14.8 Å². The Balaban J connectivity index is 1.08. The SMILES string of the molecule is COc1cc(C(=O)N2CCN(C3CCN(C)CC3)CC2)ccc1Nc1ncc(-c2ccc(C#N)c(OC(C)Cn3cncn3)c2)cn1. The molecule has 2 saturated heterocycles. The summed E-state index contributed by atoms with van der Waals surface area (Å²) in [4.78, 5) is 33.2. The first-order chi connectivity index (χ1) is 22.9. The van der Waals surface area contributed by atoms with Crippen molar-refractivity contribution in [2.24, 2.45) is 0 Å². The van der Waals surface area contributed by atoms with Gasteiger partial charge in [0, 0.05) is 55.7 Å². The number of benzene rings is 2. The minimum absolute atomic E-state index is 0.0111. The van der Waals surface area contributed by atoms with Crippen LogP contribution in [0.3, 0.4) is 0 Å². The quantitative estimate of drug-likeness (QED) is 0.273. The number of aromatic nitrogens is 5. The fourth-order valence-electron chi connectivity index (χ4n) is 6.16. The third-order valence-electron chi connectivity index (χ3n) is 8.83. The van der Waals surface area contributed by atoms with Crippen LogP contribution in [0.15, 0.2) is 61.4 Å². The summed E-state index contributed by atoms with van der Waals surface area (Å²) in [5.74, 6) is 1.39. The predicted octanol–water partition coefficient (Wildman–Crippen LogP) is 3.68. The summed E-state index contributed by atoms with van der Waals surface area (Å²) in [6, 6.07) is 13.6. The summed E-state index contributed by atoms with van der Waals surface area (Å²) in [5.41, 5.74) is 3.25. The van der Waals surface area contributed by atoms with E-state index in [1.54, 1.807) is 42.6 Å². The molecule has 13 nitrogen and oxygen atoms in total. The number of methoxy groups -OCH3 is 1. The number of nitrogens with zero attached hydrogens (tertiary/aromatic N) is 9. The van der Waals surface area contributed by atoms with Crippen LogP contribution in [-0.2, 0) is 6.54 Å². The number of ether oxygens (including phenoxy) is 2. The van der Waals surface area contributed by atoms with E-state index in [0.29, 0.717) is 46.8 Å². The first kappa shape index (κ1) is 31.9. The molecule has 0 spiro atoms. The highest BCUT2D eigenvalue weighted by atomic mass is 16.5. The van der Waals surface area contributed by atoms with E-state index in [2.05, 4.69) is 48.3 Å². The summed E-state index contributed by atoms with van der Waals surface area (Å²) in [7, 11) is 3.76. The van der Waals surface area contributed by atoms with E-state index in [-0.39, 0.29) is 12.0 Å². The molecule has 4 aromatic rings. The van der Waals surface area contributed by atoms with E-state index in [1.165, 1.54) is 19.2 Å². The molecular weight excluding hydrogens is 596 g/mol. The number of nitrogens with one attached hydrogen (secondary N) is 1. The van der Waals surface area contributed by atoms with Gasteiger partial charge in [0.05, 0.1) is 24.9 Å². The maximum absolute atomic E-state index is 13.4. The molecule has 2 fully saturated rings. The summed E-state index contributed by atoms with van der Waals surface area (Å²) < 4.78 is 13.4. The molecule has 4 heterocycles. The van der Waals surface area contributed by atoms with Crippen molar-refractivity contribution in [1.82, 2.24) is 39.4 Å². The number of amides is 1. The lowest BCUT2D eigenvalue weighted by molar-refractivity contribution is 0.0475. The van der Waals surface area contributed by atoms with Gasteiger partial charge in [0.2, 0.25) is 5.95 Å². The van der Waals surface area contributed by atoms with E-state index >= 15 is 0 Å². The lowest BCUT2D eigenvalue weighted by Crippen LogP contribution is -2.54. The van der Waals surface area contributed by atoms with Gasteiger partial charge in [-0.05, 0) is 75.8 Å². The molecule has 1 amide bonds. The van der Waals surface area contributed by atoms with E-state index in [4.69, 9.17) is 9.47 Å². The zero-order valence-corrected chi connectivity index (χ0v) is 27.0. The highest BCUT2D eigenvalue weighted by molar-refractivity contribution is 5.95. The van der Waals surface area contributed by atoms with Gasteiger partial charge in [-0.1, -0.05) is 6.07 Å². The number of anilines is 2. The highest BCUT2D eigenvalue weighted by Crippen LogP contribution is 2.31. The van der Waals surface area contributed by atoms with Crippen molar-refractivity contribution in [3.8, 4) is 28.7 Å². The molecular formula is C34H40N10O3. The van der Waals surface area contributed by atoms with Crippen molar-refractivity contribution in [3.63, 3.8) is 0 Å². The summed E-state index contributed by atoms with van der Waals surface area (Å²) in [6.45, 7) is 7.94. The molecule has 0 aliphatic carbocycles. The lowest BCUT2D eigenvalue weighted by atomic mass is 10.0. The average molecular weight is 637 g/mol. The van der Waals surface area contributed by atoms with Crippen molar-refractivity contribution in [2.75, 3.05) is 58.7 Å². The van der Waals surface area contributed by atoms with Gasteiger partial charge in [-0.2, -0.15) is 10.4 Å². The molecule has 2 aliphatic rings. The number of piperazine rings is 1. The maximum Gasteiger partial charge on any atom is 0.254 e. The monoisotopic (exact) mass is 636 g/mol. The number of likely N-dealkylation sites (tertiary alicyclic amines) is 1. The Morgan fingerprint density at radius 2 is 1.79 bits per heavy atom. The normalized spacial score (nSPS) is 16.8. The third kappa shape index (κ3) is 7.67. The second-order valence-electron chi connectivity index (χ2n) is 12.1. The van der Waals surface area contributed by atoms with Crippen molar-refractivity contribution < 1.29 is 14.3 Å². The van der Waals surface area contributed by atoms with E-state index < -0.39 is 0 Å². The Kier molecular flexibility index (Phi) is 9.89. The molecule has 1 unspecified atom stereocenters. The number of rotatable bonds is 10. The second-order valence-corrected chi connectivity index (χ2v) is 12.1. The summed E-state index contributed by atoms with van der Waals surface area (Å²) in [5, 5.41) is 16.9. The van der Waals surface area contributed by atoms with Crippen LogP contribution in [0.2, 0.25) is 0 Å². The first-order valence-electron chi connectivity index (χ1n) is 15.9. The molecule has 0 radical (unpaired) electrons. The maximum atomic E-state index is 13.4. The van der Waals surface area contributed by atoms with E-state index in [0.717, 1.165) is 50.4 Å². The van der Waals surface area contributed by atoms with Crippen molar-refractivity contribution >= 4 is 17.5 Å². The summed E-state index contributed by atoms with van der Waals surface area (Å²) in [6.07, 6.45) is 8.65. The molecule has 2 aromatic heterocycles. The Morgan fingerprint density at radius 1 is 1.02 bits per heavy atom. The number of piperidine rings is 1. The fourth-order valence-corrected chi connectivity index (χ4v) is 6.16. The predicted molar refractivity (Wildman–Crippen MR) is 177 cm³/mol. The second kappa shape index (κ2) is 14.6. The fraction of sp³-hybridized carbons (Fsp3) is 0.412. The molecule has 244 valence electrons. The average Bonchev–Trinajstić information content (AvgIpc) is 3.62. The van der Waals surface area contributed by atoms with Crippen LogP contribution in [-0.4, -0.2) is 111 Å². The molecule has 0 saturated carbocycles. The highest BCUT2D eigenvalue weighted by Gasteiger charge is 2.29. The van der Waals surface area contributed by atoms with Gasteiger partial charge in [0.25, 0.3) is 5.91 Å². The molecule has 6 rings (SSSR count). The smallest absolute Gasteiger partial charge is 0.254 e. The first-order valence-corrected chi connectivity index (χ1v) is 15.9. The molecule has 2 aliphatic heterocycles. The third-order valence-corrected chi connectivity index (χ3v) is 8.83.